The molecule has 11 heteroatoms. The van der Waals surface area contributed by atoms with Gasteiger partial charge in [-0.2, -0.15) is 13.2 Å². The Morgan fingerprint density at radius 1 is 1.08 bits per heavy atom. The molecule has 0 spiro atoms. The number of ether oxygens (including phenoxy) is 1. The number of carbonyl (C=O) groups excluding carboxylic acids is 3. The topological polar surface area (TPSA) is 99.8 Å². The number of allylic oxidation sites excluding steroid dienone is 1. The molecular formula is C27H31F3N4O4. The number of nitrogens with zero attached hydrogens (tertiary/aromatic N) is 1. The molecule has 0 radical (unpaired) electrons. The van der Waals surface area contributed by atoms with Gasteiger partial charge in [-0.05, 0) is 61.2 Å². The number of hydrogen-bond donors (Lipinski definition) is 3. The van der Waals surface area contributed by atoms with Crippen molar-refractivity contribution in [3.8, 4) is 0 Å². The van der Waals surface area contributed by atoms with Crippen LogP contribution in [-0.4, -0.2) is 36.1 Å². The number of carbonyl (C=O) groups is 3. The quantitative estimate of drug-likeness (QED) is 0.348. The number of hydrogen-bond acceptors (Lipinski definition) is 4. The third kappa shape index (κ3) is 7.05. The van der Waals surface area contributed by atoms with Crippen LogP contribution in [0.2, 0.25) is 0 Å². The molecule has 204 valence electrons. The van der Waals surface area contributed by atoms with Crippen molar-refractivity contribution in [1.82, 2.24) is 10.2 Å². The molecule has 2 aromatic carbocycles. The van der Waals surface area contributed by atoms with Crippen LogP contribution in [0.15, 0.2) is 59.8 Å². The lowest BCUT2D eigenvalue weighted by Crippen LogP contribution is -2.48. The first kappa shape index (κ1) is 28.5. The predicted octanol–water partition coefficient (Wildman–Crippen LogP) is 6.30. The van der Waals surface area contributed by atoms with Crippen molar-refractivity contribution in [3.63, 3.8) is 0 Å². The Morgan fingerprint density at radius 3 is 2.34 bits per heavy atom. The molecule has 1 aliphatic heterocycles. The van der Waals surface area contributed by atoms with Gasteiger partial charge in [-0.1, -0.05) is 32.9 Å². The van der Waals surface area contributed by atoms with Crippen molar-refractivity contribution >= 4 is 29.4 Å². The van der Waals surface area contributed by atoms with E-state index in [0.717, 1.165) is 24.3 Å². The molecule has 1 atom stereocenters. The minimum Gasteiger partial charge on any atom is -0.462 e. The first-order valence-electron chi connectivity index (χ1n) is 12.2. The normalized spacial score (nSPS) is 15.8. The van der Waals surface area contributed by atoms with Gasteiger partial charge in [0.2, 0.25) is 0 Å². The van der Waals surface area contributed by atoms with Crippen LogP contribution < -0.4 is 16.0 Å². The van der Waals surface area contributed by atoms with Crippen molar-refractivity contribution in [2.45, 2.75) is 46.3 Å². The van der Waals surface area contributed by atoms with Gasteiger partial charge < -0.3 is 20.7 Å². The van der Waals surface area contributed by atoms with Gasteiger partial charge in [-0.15, -0.1) is 0 Å². The van der Waals surface area contributed by atoms with Crippen LogP contribution in [0.5, 0.6) is 0 Å². The van der Waals surface area contributed by atoms with Gasteiger partial charge in [-0.25, -0.2) is 14.4 Å². The molecule has 0 saturated carbocycles. The number of halogens is 3. The Hall–Kier alpha value is -4.02. The van der Waals surface area contributed by atoms with Gasteiger partial charge in [0.1, 0.15) is 0 Å². The molecule has 0 saturated heterocycles. The number of esters is 1. The molecule has 3 N–H and O–H groups in total. The maximum Gasteiger partial charge on any atom is 0.416 e. The molecule has 8 nitrogen and oxygen atoms in total. The molecule has 1 aliphatic rings. The summed E-state index contributed by atoms with van der Waals surface area (Å²) in [7, 11) is 0. The summed E-state index contributed by atoms with van der Waals surface area (Å²) in [5, 5.41) is 7.96. The SMILES string of the molecule is CCCN1C(=O)NC(c2cccc(NC(=O)Nc3ccc(C(F)(F)F)cc3)c2)C(C(=O)OCC(C)C)=C1C. The van der Waals surface area contributed by atoms with Gasteiger partial charge in [0, 0.05) is 23.6 Å². The van der Waals surface area contributed by atoms with Crippen LogP contribution in [0.4, 0.5) is 34.1 Å². The first-order chi connectivity index (χ1) is 17.9. The van der Waals surface area contributed by atoms with Crippen LogP contribution in [0, 0.1) is 5.92 Å². The summed E-state index contributed by atoms with van der Waals surface area (Å²) in [6, 6.07) is 8.80. The lowest BCUT2D eigenvalue weighted by molar-refractivity contribution is -0.141. The second kappa shape index (κ2) is 12.0. The molecule has 3 rings (SSSR count). The number of urea groups is 2. The third-order valence-electron chi connectivity index (χ3n) is 5.76. The van der Waals surface area contributed by atoms with E-state index in [1.54, 1.807) is 31.2 Å². The van der Waals surface area contributed by atoms with Crippen LogP contribution in [-0.2, 0) is 15.7 Å². The largest absolute Gasteiger partial charge is 0.462 e. The van der Waals surface area contributed by atoms with E-state index in [-0.39, 0.29) is 24.2 Å². The van der Waals surface area contributed by atoms with E-state index in [4.69, 9.17) is 4.74 Å². The number of alkyl halides is 3. The number of rotatable bonds is 8. The Balaban J connectivity index is 1.82. The van der Waals surface area contributed by atoms with E-state index in [0.29, 0.717) is 35.5 Å². The Labute approximate surface area is 219 Å². The van der Waals surface area contributed by atoms with E-state index < -0.39 is 29.8 Å². The fraction of sp³-hybridized carbons (Fsp3) is 0.370. The highest BCUT2D eigenvalue weighted by Gasteiger charge is 2.36. The summed E-state index contributed by atoms with van der Waals surface area (Å²) < 4.78 is 43.8. The van der Waals surface area contributed by atoms with Gasteiger partial charge >= 0.3 is 24.2 Å². The maximum atomic E-state index is 13.1. The van der Waals surface area contributed by atoms with E-state index >= 15 is 0 Å². The standard InChI is InChI=1S/C27H31F3N4O4/c1-5-13-34-17(4)22(24(35)38-15-16(2)3)23(33-26(34)37)18-7-6-8-21(14-18)32-25(36)31-20-11-9-19(10-12-20)27(28,29)30/h6-12,14,16,23H,5,13,15H2,1-4H3,(H,33,37)(H2,31,32,36). The van der Waals surface area contributed by atoms with Crippen molar-refractivity contribution in [2.24, 2.45) is 5.92 Å². The third-order valence-corrected chi connectivity index (χ3v) is 5.76. The van der Waals surface area contributed by atoms with Crippen molar-refractivity contribution in [3.05, 3.63) is 70.9 Å². The number of amides is 4. The monoisotopic (exact) mass is 532 g/mol. The Bertz CT molecular complexity index is 1210. The molecule has 4 amide bonds. The number of benzene rings is 2. The van der Waals surface area contributed by atoms with Crippen molar-refractivity contribution < 1.29 is 32.3 Å². The first-order valence-corrected chi connectivity index (χ1v) is 12.2. The average Bonchev–Trinajstić information content (AvgIpc) is 2.84. The molecule has 1 heterocycles. The van der Waals surface area contributed by atoms with Crippen LogP contribution in [0.3, 0.4) is 0 Å². The van der Waals surface area contributed by atoms with Crippen LogP contribution in [0.25, 0.3) is 0 Å². The summed E-state index contributed by atoms with van der Waals surface area (Å²) in [4.78, 5) is 39.9. The second-order valence-electron chi connectivity index (χ2n) is 9.31. The van der Waals surface area contributed by atoms with Crippen LogP contribution in [0.1, 0.15) is 51.3 Å². The summed E-state index contributed by atoms with van der Waals surface area (Å²) in [6.45, 7) is 8.11. The smallest absolute Gasteiger partial charge is 0.416 e. The lowest BCUT2D eigenvalue weighted by Gasteiger charge is -2.35. The Morgan fingerprint density at radius 2 is 1.74 bits per heavy atom. The van der Waals surface area contributed by atoms with E-state index in [9.17, 15) is 27.6 Å². The molecule has 1 unspecified atom stereocenters. The van der Waals surface area contributed by atoms with Gasteiger partial charge in [0.25, 0.3) is 0 Å². The summed E-state index contributed by atoms with van der Waals surface area (Å²) >= 11 is 0. The second-order valence-corrected chi connectivity index (χ2v) is 9.31. The highest BCUT2D eigenvalue weighted by atomic mass is 19.4. The lowest BCUT2D eigenvalue weighted by atomic mass is 9.94. The summed E-state index contributed by atoms with van der Waals surface area (Å²) in [5.41, 5.74) is 1.03. The average molecular weight is 533 g/mol. The minimum atomic E-state index is -4.48. The molecule has 0 aromatic heterocycles. The number of anilines is 2. The molecule has 0 bridgehead atoms. The molecule has 0 fully saturated rings. The predicted molar refractivity (Wildman–Crippen MR) is 137 cm³/mol. The van der Waals surface area contributed by atoms with Gasteiger partial charge in [0.05, 0.1) is 23.8 Å². The van der Waals surface area contributed by atoms with E-state index in [2.05, 4.69) is 16.0 Å². The fourth-order valence-corrected chi connectivity index (χ4v) is 3.94. The van der Waals surface area contributed by atoms with Crippen molar-refractivity contribution in [2.75, 3.05) is 23.8 Å². The van der Waals surface area contributed by atoms with Gasteiger partial charge in [0.15, 0.2) is 0 Å². The zero-order valence-electron chi connectivity index (χ0n) is 21.6. The zero-order valence-corrected chi connectivity index (χ0v) is 21.6. The maximum absolute atomic E-state index is 13.1. The Kier molecular flexibility index (Phi) is 9.03. The minimum absolute atomic E-state index is 0.124. The van der Waals surface area contributed by atoms with Crippen LogP contribution >= 0.6 is 0 Å². The van der Waals surface area contributed by atoms with Crippen molar-refractivity contribution in [1.29, 1.82) is 0 Å². The highest BCUT2D eigenvalue weighted by molar-refractivity contribution is 6.00. The molecular weight excluding hydrogens is 501 g/mol. The summed E-state index contributed by atoms with van der Waals surface area (Å²) in [5.74, 6) is -0.417. The summed E-state index contributed by atoms with van der Waals surface area (Å²) in [6.07, 6.45) is -3.78. The molecule has 0 aliphatic carbocycles. The van der Waals surface area contributed by atoms with E-state index in [1.165, 1.54) is 4.90 Å². The van der Waals surface area contributed by atoms with E-state index in [1.807, 2.05) is 20.8 Å². The van der Waals surface area contributed by atoms with Gasteiger partial charge in [-0.3, -0.25) is 4.90 Å². The highest BCUT2D eigenvalue weighted by Crippen LogP contribution is 2.33. The fourth-order valence-electron chi connectivity index (χ4n) is 3.94. The zero-order chi connectivity index (χ0) is 28.0. The number of nitrogens with one attached hydrogen (secondary N) is 3. The molecule has 2 aromatic rings. The molecule has 38 heavy (non-hydrogen) atoms.